The number of para-hydroxylation sites is 1. The van der Waals surface area contributed by atoms with Crippen molar-refractivity contribution in [2.45, 2.75) is 27.2 Å². The Morgan fingerprint density at radius 3 is 2.50 bits per heavy atom. The van der Waals surface area contributed by atoms with Crippen LogP contribution in [0.5, 0.6) is 0 Å². The van der Waals surface area contributed by atoms with Gasteiger partial charge in [-0.05, 0) is 62.6 Å². The van der Waals surface area contributed by atoms with Crippen LogP contribution in [0, 0.1) is 13.8 Å². The summed E-state index contributed by atoms with van der Waals surface area (Å²) in [5.41, 5.74) is 3.70. The second-order valence-electron chi connectivity index (χ2n) is 6.11. The minimum atomic E-state index is -0.232. The second-order valence-corrected chi connectivity index (χ2v) is 6.11. The van der Waals surface area contributed by atoms with E-state index < -0.39 is 0 Å². The van der Waals surface area contributed by atoms with E-state index in [-0.39, 0.29) is 11.8 Å². The molecule has 2 aromatic carbocycles. The van der Waals surface area contributed by atoms with Gasteiger partial charge >= 0.3 is 0 Å². The number of ether oxygens (including phenoxy) is 1. The van der Waals surface area contributed by atoms with Gasteiger partial charge in [-0.15, -0.1) is 0 Å². The molecule has 0 fully saturated rings. The summed E-state index contributed by atoms with van der Waals surface area (Å²) in [4.78, 5) is 24.9. The minimum absolute atomic E-state index is 0.211. The Hall–Kier alpha value is -2.66. The Bertz CT molecular complexity index is 772. The van der Waals surface area contributed by atoms with Crippen molar-refractivity contribution in [3.63, 3.8) is 0 Å². The molecule has 0 spiro atoms. The van der Waals surface area contributed by atoms with Gasteiger partial charge in [-0.2, -0.15) is 0 Å². The zero-order chi connectivity index (χ0) is 18.9. The van der Waals surface area contributed by atoms with Crippen LogP contribution < -0.4 is 10.6 Å². The van der Waals surface area contributed by atoms with Crippen LogP contribution in [0.4, 0.5) is 5.69 Å². The first-order valence-electron chi connectivity index (χ1n) is 8.86. The molecule has 0 aromatic heterocycles. The Labute approximate surface area is 154 Å². The number of carbonyl (C=O) groups is 2. The highest BCUT2D eigenvalue weighted by atomic mass is 16.5. The highest BCUT2D eigenvalue weighted by Crippen LogP contribution is 2.17. The molecule has 2 rings (SSSR count). The maximum Gasteiger partial charge on any atom is 0.255 e. The molecule has 0 heterocycles. The lowest BCUT2D eigenvalue weighted by molar-refractivity contribution is 0.0945. The van der Waals surface area contributed by atoms with E-state index in [4.69, 9.17) is 4.74 Å². The standard InChI is InChI=1S/C21H26N2O3/c1-4-26-13-7-12-22-21(25)18-8-5-6-9-19(18)23-20(24)17-11-10-15(2)16(3)14-17/h5-6,8-11,14H,4,7,12-13H2,1-3H3,(H,22,25)(H,23,24). The number of benzene rings is 2. The fourth-order valence-electron chi connectivity index (χ4n) is 2.48. The van der Waals surface area contributed by atoms with E-state index >= 15 is 0 Å². The van der Waals surface area contributed by atoms with E-state index in [0.29, 0.717) is 36.6 Å². The molecule has 2 N–H and O–H groups in total. The van der Waals surface area contributed by atoms with Gasteiger partial charge in [-0.3, -0.25) is 9.59 Å². The number of hydrogen-bond acceptors (Lipinski definition) is 3. The van der Waals surface area contributed by atoms with Crippen molar-refractivity contribution >= 4 is 17.5 Å². The number of nitrogens with one attached hydrogen (secondary N) is 2. The first-order valence-corrected chi connectivity index (χ1v) is 8.86. The molecule has 0 aliphatic heterocycles. The van der Waals surface area contributed by atoms with E-state index in [1.165, 1.54) is 0 Å². The highest BCUT2D eigenvalue weighted by Gasteiger charge is 2.14. The van der Waals surface area contributed by atoms with Crippen molar-refractivity contribution in [1.82, 2.24) is 5.32 Å². The summed E-state index contributed by atoms with van der Waals surface area (Å²) in [5.74, 6) is -0.442. The van der Waals surface area contributed by atoms with Crippen molar-refractivity contribution in [2.75, 3.05) is 25.1 Å². The van der Waals surface area contributed by atoms with Crippen LogP contribution in [0.15, 0.2) is 42.5 Å². The first-order chi connectivity index (χ1) is 12.5. The molecule has 0 radical (unpaired) electrons. The van der Waals surface area contributed by atoms with Gasteiger partial charge in [-0.25, -0.2) is 0 Å². The summed E-state index contributed by atoms with van der Waals surface area (Å²) in [6, 6.07) is 12.6. The molecule has 2 aromatic rings. The Kier molecular flexibility index (Phi) is 7.36. The van der Waals surface area contributed by atoms with Crippen LogP contribution in [0.2, 0.25) is 0 Å². The van der Waals surface area contributed by atoms with E-state index in [9.17, 15) is 9.59 Å². The van der Waals surface area contributed by atoms with Crippen LogP contribution in [0.25, 0.3) is 0 Å². The number of carbonyl (C=O) groups excluding carboxylic acids is 2. The van der Waals surface area contributed by atoms with Crippen molar-refractivity contribution in [1.29, 1.82) is 0 Å². The van der Waals surface area contributed by atoms with Gasteiger partial charge < -0.3 is 15.4 Å². The third-order valence-corrected chi connectivity index (χ3v) is 4.14. The summed E-state index contributed by atoms with van der Waals surface area (Å²) >= 11 is 0. The predicted octanol–water partition coefficient (Wildman–Crippen LogP) is 3.71. The number of aryl methyl sites for hydroxylation is 2. The van der Waals surface area contributed by atoms with E-state index in [1.54, 1.807) is 30.3 Å². The van der Waals surface area contributed by atoms with Crippen LogP contribution >= 0.6 is 0 Å². The SMILES string of the molecule is CCOCCCNC(=O)c1ccccc1NC(=O)c1ccc(C)c(C)c1. The lowest BCUT2D eigenvalue weighted by Gasteiger charge is -2.12. The molecule has 138 valence electrons. The fourth-order valence-corrected chi connectivity index (χ4v) is 2.48. The van der Waals surface area contributed by atoms with Crippen molar-refractivity contribution < 1.29 is 14.3 Å². The third kappa shape index (κ3) is 5.43. The molecule has 5 nitrogen and oxygen atoms in total. The van der Waals surface area contributed by atoms with Crippen LogP contribution in [-0.2, 0) is 4.74 Å². The number of anilines is 1. The van der Waals surface area contributed by atoms with Gasteiger partial charge in [0.15, 0.2) is 0 Å². The summed E-state index contributed by atoms with van der Waals surface area (Å²) in [6.45, 7) is 7.71. The zero-order valence-electron chi connectivity index (χ0n) is 15.6. The number of hydrogen-bond donors (Lipinski definition) is 2. The van der Waals surface area contributed by atoms with E-state index in [2.05, 4.69) is 10.6 Å². The molecule has 0 bridgehead atoms. The van der Waals surface area contributed by atoms with Gasteiger partial charge in [-0.1, -0.05) is 18.2 Å². The molecule has 0 atom stereocenters. The summed E-state index contributed by atoms with van der Waals surface area (Å²) in [5, 5.41) is 5.70. The van der Waals surface area contributed by atoms with Crippen LogP contribution in [0.3, 0.4) is 0 Å². The lowest BCUT2D eigenvalue weighted by atomic mass is 10.1. The minimum Gasteiger partial charge on any atom is -0.382 e. The van der Waals surface area contributed by atoms with Gasteiger partial charge in [0.05, 0.1) is 11.3 Å². The molecule has 0 saturated carbocycles. The van der Waals surface area contributed by atoms with Crippen molar-refractivity contribution in [3.05, 3.63) is 64.7 Å². The zero-order valence-corrected chi connectivity index (χ0v) is 15.6. The monoisotopic (exact) mass is 354 g/mol. The van der Waals surface area contributed by atoms with Crippen molar-refractivity contribution in [2.24, 2.45) is 0 Å². The molecule has 0 aliphatic rings. The van der Waals surface area contributed by atoms with Gasteiger partial charge in [0.1, 0.15) is 0 Å². The summed E-state index contributed by atoms with van der Waals surface area (Å²) in [7, 11) is 0. The molecule has 0 saturated heterocycles. The largest absolute Gasteiger partial charge is 0.382 e. The first kappa shape index (κ1) is 19.7. The van der Waals surface area contributed by atoms with Crippen LogP contribution in [-0.4, -0.2) is 31.6 Å². The van der Waals surface area contributed by atoms with Gasteiger partial charge in [0, 0.05) is 25.3 Å². The fraction of sp³-hybridized carbons (Fsp3) is 0.333. The lowest BCUT2D eigenvalue weighted by Crippen LogP contribution is -2.26. The highest BCUT2D eigenvalue weighted by molar-refractivity contribution is 6.09. The topological polar surface area (TPSA) is 67.4 Å². The van der Waals surface area contributed by atoms with Gasteiger partial charge in [0.25, 0.3) is 11.8 Å². The molecule has 2 amide bonds. The van der Waals surface area contributed by atoms with Crippen molar-refractivity contribution in [3.8, 4) is 0 Å². The number of rotatable bonds is 8. The molecule has 0 unspecified atom stereocenters. The predicted molar refractivity (Wildman–Crippen MR) is 104 cm³/mol. The van der Waals surface area contributed by atoms with E-state index in [0.717, 1.165) is 17.5 Å². The van der Waals surface area contributed by atoms with Crippen LogP contribution in [0.1, 0.15) is 45.2 Å². The van der Waals surface area contributed by atoms with Gasteiger partial charge in [0.2, 0.25) is 0 Å². The number of amides is 2. The Morgan fingerprint density at radius 2 is 1.77 bits per heavy atom. The molecular formula is C21H26N2O3. The molecule has 5 heteroatoms. The second kappa shape index (κ2) is 9.73. The maximum absolute atomic E-state index is 12.5. The molecule has 26 heavy (non-hydrogen) atoms. The third-order valence-electron chi connectivity index (χ3n) is 4.14. The summed E-state index contributed by atoms with van der Waals surface area (Å²) < 4.78 is 5.26. The smallest absolute Gasteiger partial charge is 0.255 e. The molecular weight excluding hydrogens is 328 g/mol. The average Bonchev–Trinajstić information content (AvgIpc) is 2.64. The summed E-state index contributed by atoms with van der Waals surface area (Å²) in [6.07, 6.45) is 0.747. The normalized spacial score (nSPS) is 10.4. The van der Waals surface area contributed by atoms with E-state index in [1.807, 2.05) is 32.9 Å². The average molecular weight is 354 g/mol. The maximum atomic E-state index is 12.5. The Balaban J connectivity index is 2.04. The Morgan fingerprint density at radius 1 is 1.00 bits per heavy atom. The quantitative estimate of drug-likeness (QED) is 0.710. The molecule has 0 aliphatic carbocycles.